The fourth-order valence-corrected chi connectivity index (χ4v) is 5.04. The van der Waals surface area contributed by atoms with Gasteiger partial charge in [-0.2, -0.15) is 17.5 Å². The minimum atomic E-state index is -4.42. The molecule has 2 rings (SSSR count). The van der Waals surface area contributed by atoms with Gasteiger partial charge in [0.15, 0.2) is 0 Å². The number of halogens is 3. The first-order valence-electron chi connectivity index (χ1n) is 10.6. The summed E-state index contributed by atoms with van der Waals surface area (Å²) >= 11 is 0. The van der Waals surface area contributed by atoms with Gasteiger partial charge in [-0.3, -0.25) is 4.79 Å². The minimum Gasteiger partial charge on any atom is -0.334 e. The number of hydrogen-bond donors (Lipinski definition) is 0. The number of alkyl halides is 3. The van der Waals surface area contributed by atoms with Crippen LogP contribution >= 0.6 is 0 Å². The van der Waals surface area contributed by atoms with Crippen LogP contribution in [0.15, 0.2) is 29.2 Å². The molecule has 1 heterocycles. The number of benzene rings is 1. The van der Waals surface area contributed by atoms with Gasteiger partial charge < -0.3 is 4.90 Å². The maximum absolute atomic E-state index is 12.8. The molecule has 0 aliphatic carbocycles. The summed E-state index contributed by atoms with van der Waals surface area (Å²) in [5, 5.41) is 0. The SMILES string of the molecule is CCCCN(CC(F)(F)F)C(=O)CCc1ccc(S(=O)(=O)N2CCCCCC2)cc1. The van der Waals surface area contributed by atoms with Crippen molar-refractivity contribution in [1.29, 1.82) is 0 Å². The molecule has 1 aliphatic heterocycles. The van der Waals surface area contributed by atoms with Gasteiger partial charge in [0.25, 0.3) is 0 Å². The molecule has 0 atom stereocenters. The van der Waals surface area contributed by atoms with E-state index in [1.807, 2.05) is 6.92 Å². The van der Waals surface area contributed by atoms with E-state index in [-0.39, 0.29) is 24.3 Å². The van der Waals surface area contributed by atoms with E-state index in [1.165, 1.54) is 16.4 Å². The number of sulfonamides is 1. The van der Waals surface area contributed by atoms with Crippen LogP contribution in [0.3, 0.4) is 0 Å². The number of nitrogens with zero attached hydrogens (tertiary/aromatic N) is 2. The van der Waals surface area contributed by atoms with E-state index in [4.69, 9.17) is 0 Å². The molecule has 9 heteroatoms. The molecule has 1 aromatic carbocycles. The van der Waals surface area contributed by atoms with Crippen LogP contribution in [0.1, 0.15) is 57.4 Å². The molecular weight excluding hydrogens is 417 g/mol. The maximum atomic E-state index is 12.8. The van der Waals surface area contributed by atoms with E-state index in [0.717, 1.165) is 36.1 Å². The van der Waals surface area contributed by atoms with E-state index in [0.29, 0.717) is 25.9 Å². The molecule has 30 heavy (non-hydrogen) atoms. The molecule has 0 saturated carbocycles. The van der Waals surface area contributed by atoms with Crippen molar-refractivity contribution < 1.29 is 26.4 Å². The third-order valence-corrected chi connectivity index (χ3v) is 7.17. The van der Waals surface area contributed by atoms with Crippen molar-refractivity contribution in [2.24, 2.45) is 0 Å². The Morgan fingerprint density at radius 3 is 2.20 bits per heavy atom. The molecule has 0 bridgehead atoms. The van der Waals surface area contributed by atoms with Crippen LogP contribution in [-0.2, 0) is 21.2 Å². The van der Waals surface area contributed by atoms with Crippen molar-refractivity contribution >= 4 is 15.9 Å². The average molecular weight is 449 g/mol. The predicted molar refractivity (Wildman–Crippen MR) is 110 cm³/mol. The molecule has 1 aliphatic rings. The van der Waals surface area contributed by atoms with Crippen molar-refractivity contribution in [3.05, 3.63) is 29.8 Å². The lowest BCUT2D eigenvalue weighted by Gasteiger charge is -2.24. The van der Waals surface area contributed by atoms with Crippen molar-refractivity contribution in [1.82, 2.24) is 9.21 Å². The van der Waals surface area contributed by atoms with Gasteiger partial charge in [0.2, 0.25) is 15.9 Å². The van der Waals surface area contributed by atoms with E-state index in [9.17, 15) is 26.4 Å². The van der Waals surface area contributed by atoms with E-state index in [1.54, 1.807) is 12.1 Å². The zero-order valence-electron chi connectivity index (χ0n) is 17.5. The summed E-state index contributed by atoms with van der Waals surface area (Å²) in [6.07, 6.45) is 0.788. The van der Waals surface area contributed by atoms with Gasteiger partial charge in [-0.05, 0) is 43.4 Å². The maximum Gasteiger partial charge on any atom is 0.406 e. The fraction of sp³-hybridized carbons (Fsp3) is 0.667. The Kier molecular flexibility index (Phi) is 9.15. The summed E-state index contributed by atoms with van der Waals surface area (Å²) in [6.45, 7) is 1.75. The van der Waals surface area contributed by atoms with Crippen LogP contribution in [0.4, 0.5) is 13.2 Å². The van der Waals surface area contributed by atoms with Gasteiger partial charge in [0.1, 0.15) is 6.54 Å². The predicted octanol–water partition coefficient (Wildman–Crippen LogP) is 4.37. The molecule has 0 N–H and O–H groups in total. The zero-order chi connectivity index (χ0) is 22.2. The monoisotopic (exact) mass is 448 g/mol. The fourth-order valence-electron chi connectivity index (χ4n) is 3.53. The average Bonchev–Trinajstić information content (AvgIpc) is 2.99. The van der Waals surface area contributed by atoms with Crippen LogP contribution in [0.2, 0.25) is 0 Å². The molecule has 1 saturated heterocycles. The van der Waals surface area contributed by atoms with Gasteiger partial charge in [0, 0.05) is 26.1 Å². The molecule has 5 nitrogen and oxygen atoms in total. The molecule has 170 valence electrons. The van der Waals surface area contributed by atoms with E-state index in [2.05, 4.69) is 0 Å². The molecule has 0 spiro atoms. The second kappa shape index (κ2) is 11.1. The first-order chi connectivity index (χ1) is 14.1. The second-order valence-corrected chi connectivity index (χ2v) is 9.68. The Balaban J connectivity index is 1.98. The van der Waals surface area contributed by atoms with Crippen molar-refractivity contribution in [3.63, 3.8) is 0 Å². The van der Waals surface area contributed by atoms with Gasteiger partial charge >= 0.3 is 6.18 Å². The summed E-state index contributed by atoms with van der Waals surface area (Å²) < 4.78 is 65.3. The number of aryl methyl sites for hydroxylation is 1. The van der Waals surface area contributed by atoms with E-state index < -0.39 is 28.7 Å². The first-order valence-corrected chi connectivity index (χ1v) is 12.0. The van der Waals surface area contributed by atoms with Crippen molar-refractivity contribution in [2.75, 3.05) is 26.2 Å². The molecule has 1 amide bonds. The van der Waals surface area contributed by atoms with Crippen molar-refractivity contribution in [2.45, 2.75) is 69.4 Å². The van der Waals surface area contributed by atoms with Gasteiger partial charge in [-0.15, -0.1) is 0 Å². The van der Waals surface area contributed by atoms with Crippen LogP contribution in [0, 0.1) is 0 Å². The Morgan fingerprint density at radius 1 is 1.07 bits per heavy atom. The lowest BCUT2D eigenvalue weighted by molar-refractivity contribution is -0.161. The Morgan fingerprint density at radius 2 is 1.67 bits per heavy atom. The van der Waals surface area contributed by atoms with Crippen LogP contribution < -0.4 is 0 Å². The lowest BCUT2D eigenvalue weighted by Crippen LogP contribution is -2.39. The van der Waals surface area contributed by atoms with Crippen LogP contribution in [-0.4, -0.2) is 55.9 Å². The van der Waals surface area contributed by atoms with Gasteiger partial charge in [-0.25, -0.2) is 8.42 Å². The second-order valence-electron chi connectivity index (χ2n) is 7.75. The summed E-state index contributed by atoms with van der Waals surface area (Å²) in [7, 11) is -3.54. The first kappa shape index (κ1) is 24.7. The Bertz CT molecular complexity index is 772. The summed E-state index contributed by atoms with van der Waals surface area (Å²) in [4.78, 5) is 13.4. The van der Waals surface area contributed by atoms with E-state index >= 15 is 0 Å². The Labute approximate surface area is 177 Å². The van der Waals surface area contributed by atoms with Gasteiger partial charge in [-0.1, -0.05) is 38.3 Å². The summed E-state index contributed by atoms with van der Waals surface area (Å²) in [6, 6.07) is 6.31. The molecule has 0 aromatic heterocycles. The molecular formula is C21H31F3N2O3S. The third kappa shape index (κ3) is 7.58. The number of amides is 1. The number of unbranched alkanes of at least 4 members (excludes halogenated alkanes) is 1. The largest absolute Gasteiger partial charge is 0.406 e. The summed E-state index contributed by atoms with van der Waals surface area (Å²) in [5.74, 6) is -0.540. The molecule has 0 radical (unpaired) electrons. The highest BCUT2D eigenvalue weighted by molar-refractivity contribution is 7.89. The minimum absolute atomic E-state index is 0.0436. The van der Waals surface area contributed by atoms with Crippen LogP contribution in [0.5, 0.6) is 0 Å². The normalized spacial score (nSPS) is 16.3. The highest BCUT2D eigenvalue weighted by Gasteiger charge is 2.32. The Hall–Kier alpha value is -1.61. The quantitative estimate of drug-likeness (QED) is 0.564. The number of carbonyl (C=O) groups excluding carboxylic acids is 1. The number of rotatable bonds is 9. The lowest BCUT2D eigenvalue weighted by atomic mass is 10.1. The molecule has 1 aromatic rings. The smallest absolute Gasteiger partial charge is 0.334 e. The number of hydrogen-bond acceptors (Lipinski definition) is 3. The van der Waals surface area contributed by atoms with Crippen LogP contribution in [0.25, 0.3) is 0 Å². The highest BCUT2D eigenvalue weighted by atomic mass is 32.2. The molecule has 0 unspecified atom stereocenters. The zero-order valence-corrected chi connectivity index (χ0v) is 18.3. The third-order valence-electron chi connectivity index (χ3n) is 5.26. The standard InChI is InChI=1S/C21H31F3N2O3S/c1-2-3-14-25(17-21(22,23)24)20(27)13-10-18-8-11-19(12-9-18)30(28,29)26-15-6-4-5-7-16-26/h8-9,11-12H,2-7,10,13-17H2,1H3. The number of carbonyl (C=O) groups is 1. The highest BCUT2D eigenvalue weighted by Crippen LogP contribution is 2.22. The van der Waals surface area contributed by atoms with Gasteiger partial charge in [0.05, 0.1) is 4.90 Å². The van der Waals surface area contributed by atoms with Crippen molar-refractivity contribution in [3.8, 4) is 0 Å². The summed E-state index contributed by atoms with van der Waals surface area (Å²) in [5.41, 5.74) is 0.723. The topological polar surface area (TPSA) is 57.7 Å². The molecule has 1 fully saturated rings.